The van der Waals surface area contributed by atoms with Crippen molar-refractivity contribution in [3.63, 3.8) is 0 Å². The minimum Gasteiger partial charge on any atom is -0.194 e. The lowest BCUT2D eigenvalue weighted by Gasteiger charge is -2.46. The highest BCUT2D eigenvalue weighted by Gasteiger charge is 2.47. The molecule has 0 aliphatic rings. The van der Waals surface area contributed by atoms with E-state index in [1.165, 1.54) is 0 Å². The molecule has 0 N–H and O–H groups in total. The zero-order chi connectivity index (χ0) is 61.5. The Morgan fingerprint density at radius 3 is 0.841 bits per heavy atom. The Balaban J connectivity index is 0.000000357. The molecule has 7 aromatic rings. The quantitative estimate of drug-likeness (QED) is 0.0691. The van der Waals surface area contributed by atoms with Crippen molar-refractivity contribution in [2.75, 3.05) is 0 Å². The van der Waals surface area contributed by atoms with Crippen molar-refractivity contribution in [2.45, 2.75) is 60.1 Å². The summed E-state index contributed by atoms with van der Waals surface area (Å²) in [6.45, 7) is 0. The van der Waals surface area contributed by atoms with Gasteiger partial charge in [-0.05, 0) is 66.6 Å². The second-order valence-corrected chi connectivity index (χ2v) is 20.1. The molecule has 0 bridgehead atoms. The first-order valence-corrected chi connectivity index (χ1v) is 24.2. The van der Waals surface area contributed by atoms with Gasteiger partial charge in [-0.2, -0.15) is 132 Å². The van der Waals surface area contributed by atoms with E-state index in [0.29, 0.717) is 11.3 Å². The van der Waals surface area contributed by atoms with Crippen LogP contribution in [-0.4, -0.2) is 6.15 Å². The van der Waals surface area contributed by atoms with Gasteiger partial charge in [0.25, 0.3) is 0 Å². The fourth-order valence-electron chi connectivity index (χ4n) is 8.46. The van der Waals surface area contributed by atoms with Gasteiger partial charge in [-0.15, -0.1) is 0 Å². The van der Waals surface area contributed by atoms with Crippen LogP contribution in [0, 0.1) is 22.5 Å². The van der Waals surface area contributed by atoms with Gasteiger partial charge in [0.05, 0.1) is 56.1 Å². The van der Waals surface area contributed by atoms with E-state index in [0.717, 1.165) is 16.0 Å². The van der Waals surface area contributed by atoms with Gasteiger partial charge in [0.1, 0.15) is 6.15 Å². The summed E-state index contributed by atoms with van der Waals surface area (Å²) in [6.07, 6.45) is -54.8. The molecule has 0 radical (unpaired) electrons. The molecule has 0 heterocycles. The summed E-state index contributed by atoms with van der Waals surface area (Å²) < 4.78 is 354. The third kappa shape index (κ3) is 14.8. The van der Waals surface area contributed by atoms with Gasteiger partial charge in [-0.25, -0.2) is 0 Å². The van der Waals surface area contributed by atoms with E-state index in [1.54, 1.807) is 12.1 Å². The molecule has 0 aromatic heterocycles. The highest BCUT2D eigenvalue weighted by Crippen LogP contribution is 2.42. The fraction of sp³-hybridized carbons (Fsp3) is 0.167. The molecule has 0 saturated carbocycles. The van der Waals surface area contributed by atoms with Crippen molar-refractivity contribution in [1.29, 1.82) is 5.26 Å². The van der Waals surface area contributed by atoms with E-state index in [4.69, 9.17) is 5.26 Å². The predicted molar refractivity (Wildman–Crippen MR) is 251 cm³/mol. The maximum Gasteiger partial charge on any atom is 0.416 e. The molecule has 2 nitrogen and oxygen atoms in total. The van der Waals surface area contributed by atoms with E-state index in [9.17, 15) is 110 Å². The average molecular weight is 1210 g/mol. The Morgan fingerprint density at radius 2 is 0.598 bits per heavy atom. The van der Waals surface area contributed by atoms with E-state index in [-0.39, 0.29) is 0 Å². The van der Waals surface area contributed by atoms with E-state index in [1.807, 2.05) is 72.8 Å². The zero-order valence-corrected chi connectivity index (χ0v) is 40.9. The maximum atomic E-state index is 14.2. The summed E-state index contributed by atoms with van der Waals surface area (Å²) in [5.41, 5.74) is -27.9. The Labute approximate surface area is 448 Å². The number of hydrogen-bond donors (Lipinski definition) is 0. The van der Waals surface area contributed by atoms with Gasteiger partial charge in [0.2, 0.25) is 0 Å². The lowest BCUT2D eigenvalue weighted by atomic mass is 9.12. The largest absolute Gasteiger partial charge is 0.416 e. The molecular formula is C54H28BF24NOS. The normalized spacial score (nSPS) is 13.7. The third-order valence-electron chi connectivity index (χ3n) is 12.2. The average Bonchev–Trinajstić information content (AvgIpc) is 1.83. The Morgan fingerprint density at radius 1 is 0.341 bits per heavy atom. The Hall–Kier alpha value is -7.88. The summed E-state index contributed by atoms with van der Waals surface area (Å²) in [4.78, 5) is 0.725. The van der Waals surface area contributed by atoms with E-state index < -0.39 is 205 Å². The second kappa shape index (κ2) is 22.5. The topological polar surface area (TPSA) is 40.9 Å². The van der Waals surface area contributed by atoms with E-state index in [2.05, 4.69) is 17.2 Å². The first-order valence-electron chi connectivity index (χ1n) is 22.5. The standard InChI is InChI=1S/C32H12BF24.C22H16NOS/c34-25(35,36)13-1-14(26(37,38)39)6-21(5-13)33(22-7-15(27(40,41)42)2-16(8-22)28(43,44)45,23-9-17(29(46,47)48)3-18(10-23)30(49,50)51)24-11-19(31(52,53)54)4-20(12-24)32(55,56)57;23-17-20-11-13-21(14-12-20)18-25(24,22-9-5-2-6-10-22)16-15-19-7-3-1-4-8-19/h1-12H;1-14H,18H2/q-1;+1. The lowest BCUT2D eigenvalue weighted by Crippen LogP contribution is -2.75. The van der Waals surface area contributed by atoms with Crippen molar-refractivity contribution in [3.8, 4) is 17.2 Å². The minimum atomic E-state index is -6.13. The molecule has 7 aromatic carbocycles. The van der Waals surface area contributed by atoms with Crippen LogP contribution >= 0.6 is 0 Å². The molecule has 82 heavy (non-hydrogen) atoms. The van der Waals surface area contributed by atoms with Crippen LogP contribution in [0.2, 0.25) is 0 Å². The number of nitrogens with zero attached hydrogens (tertiary/aromatic N) is 1. The highest BCUT2D eigenvalue weighted by atomic mass is 32.2. The number of rotatable bonds is 7. The Bertz CT molecular complexity index is 3160. The van der Waals surface area contributed by atoms with Crippen molar-refractivity contribution in [3.05, 3.63) is 219 Å². The second-order valence-electron chi connectivity index (χ2n) is 17.8. The van der Waals surface area contributed by atoms with Gasteiger partial charge >= 0.3 is 49.4 Å². The highest BCUT2D eigenvalue weighted by molar-refractivity contribution is 8.06. The third-order valence-corrected chi connectivity index (χ3v) is 14.4. The summed E-state index contributed by atoms with van der Waals surface area (Å²) in [6, 6.07) is 19.3. The zero-order valence-electron chi connectivity index (χ0n) is 40.1. The van der Waals surface area contributed by atoms with Crippen LogP contribution in [0.25, 0.3) is 0 Å². The molecule has 1 unspecified atom stereocenters. The summed E-state index contributed by atoms with van der Waals surface area (Å²) in [7, 11) is -2.58. The van der Waals surface area contributed by atoms with Crippen LogP contribution in [-0.2, 0) is 69.3 Å². The maximum absolute atomic E-state index is 14.2. The van der Waals surface area contributed by atoms with Crippen molar-refractivity contribution >= 4 is 37.9 Å². The summed E-state index contributed by atoms with van der Waals surface area (Å²) in [5, 5.41) is 11.9. The molecule has 0 aliphatic heterocycles. The predicted octanol–water partition coefficient (Wildman–Crippen LogP) is 15.8. The first kappa shape index (κ1) is 63.3. The van der Waals surface area contributed by atoms with Gasteiger partial charge in [-0.1, -0.05) is 101 Å². The molecule has 7 rings (SSSR count). The molecule has 28 heteroatoms. The summed E-state index contributed by atoms with van der Waals surface area (Å²) in [5.74, 6) is 3.37. The molecule has 0 saturated heterocycles. The molecule has 0 spiro atoms. The van der Waals surface area contributed by atoms with Crippen LogP contribution in [0.4, 0.5) is 105 Å². The van der Waals surface area contributed by atoms with Crippen molar-refractivity contribution in [1.82, 2.24) is 0 Å². The number of hydrogen-bond acceptors (Lipinski definition) is 2. The lowest BCUT2D eigenvalue weighted by molar-refractivity contribution is -0.144. The molecule has 1 atom stereocenters. The molecular weight excluding hydrogens is 1180 g/mol. The molecule has 0 aliphatic carbocycles. The minimum absolute atomic E-state index is 0.322. The van der Waals surface area contributed by atoms with Crippen LogP contribution < -0.4 is 21.9 Å². The van der Waals surface area contributed by atoms with Gasteiger partial charge in [0, 0.05) is 11.1 Å². The van der Waals surface area contributed by atoms with Crippen molar-refractivity contribution in [2.24, 2.45) is 0 Å². The van der Waals surface area contributed by atoms with Gasteiger partial charge in [0.15, 0.2) is 25.8 Å². The van der Waals surface area contributed by atoms with Crippen LogP contribution in [0.1, 0.15) is 61.2 Å². The number of alkyl halides is 24. The van der Waals surface area contributed by atoms with Crippen molar-refractivity contribution < 1.29 is 110 Å². The molecule has 0 fully saturated rings. The van der Waals surface area contributed by atoms with Gasteiger partial charge in [-0.3, -0.25) is 0 Å². The summed E-state index contributed by atoms with van der Waals surface area (Å²) >= 11 is 0. The number of nitriles is 1. The smallest absolute Gasteiger partial charge is 0.194 e. The van der Waals surface area contributed by atoms with E-state index >= 15 is 0 Å². The fourth-order valence-corrected chi connectivity index (χ4v) is 10.4. The number of halogens is 24. The molecule has 432 valence electrons. The molecule has 0 amide bonds. The Kier molecular flexibility index (Phi) is 17.3. The number of benzene rings is 7. The SMILES string of the molecule is FC(F)(F)c1cc([B-](c2cc(C(F)(F)F)cc(C(F)(F)F)c2)(c2cc(C(F)(F)F)cc(C(F)(F)F)c2)c2cc(C(F)(F)F)cc(C(F)(F)F)c2)cc(C(F)(F)F)c1.N#Cc1ccc(C[S+](=O)(C#Cc2ccccc2)c2ccccc2)cc1. The van der Waals surface area contributed by atoms with Gasteiger partial charge < -0.3 is 0 Å². The van der Waals surface area contributed by atoms with Crippen LogP contribution in [0.15, 0.2) is 163 Å². The van der Waals surface area contributed by atoms with Crippen LogP contribution in [0.3, 0.4) is 0 Å². The van der Waals surface area contributed by atoms with Crippen LogP contribution in [0.5, 0.6) is 0 Å². The first-order chi connectivity index (χ1) is 37.5. The monoisotopic (exact) mass is 1210 g/mol.